The fourth-order valence-corrected chi connectivity index (χ4v) is 0. The standard InChI is InChI=1S/CN.2Ti/c1-2;;/q-1;;. The van der Waals surface area contributed by atoms with Crippen molar-refractivity contribution >= 4 is 0 Å². The molecule has 0 aromatic heterocycles. The Balaban J connectivity index is -0.00000000500. The maximum atomic E-state index is 6.25. The van der Waals surface area contributed by atoms with Crippen LogP contribution in [0.4, 0.5) is 0 Å². The first-order valence-electron chi connectivity index (χ1n) is 0.224. The van der Waals surface area contributed by atoms with Crippen molar-refractivity contribution in [3.05, 3.63) is 6.57 Å². The molecular formula is CNTi2-. The van der Waals surface area contributed by atoms with E-state index in [1.54, 1.807) is 0 Å². The molecule has 0 saturated heterocycles. The molecule has 0 amide bonds. The fourth-order valence-electron chi connectivity index (χ4n) is 0. The maximum absolute atomic E-state index is 6.25. The zero-order valence-corrected chi connectivity index (χ0v) is 5.07. The molecule has 0 saturated carbocycles. The molecule has 0 radical (unpaired) electrons. The molecule has 0 aliphatic carbocycles. The van der Waals surface area contributed by atoms with Crippen LogP contribution in [0.15, 0.2) is 0 Å². The SMILES string of the molecule is [C-]#N.[Ti].[Ti]. The van der Waals surface area contributed by atoms with Gasteiger partial charge in [0.2, 0.25) is 0 Å². The smallest absolute Gasteiger partial charge is 0 e. The van der Waals surface area contributed by atoms with Crippen molar-refractivity contribution in [2.24, 2.45) is 0 Å². The molecule has 0 aromatic rings. The van der Waals surface area contributed by atoms with Gasteiger partial charge in [-0.15, -0.1) is 0 Å². The maximum Gasteiger partial charge on any atom is 0 e. The third kappa shape index (κ3) is 12.7. The minimum atomic E-state index is 0. The third-order valence-corrected chi connectivity index (χ3v) is 0. The van der Waals surface area contributed by atoms with Gasteiger partial charge >= 0.3 is 0 Å². The predicted octanol–water partition coefficient (Wildman–Crippen LogP) is 0.0914. The van der Waals surface area contributed by atoms with Gasteiger partial charge in [-0.2, -0.15) is 0 Å². The van der Waals surface area contributed by atoms with E-state index >= 15 is 0 Å². The third-order valence-electron chi connectivity index (χ3n) is 0. The molecule has 0 aliphatic rings. The Hall–Kier alpha value is 0.919. The molecule has 0 atom stereocenters. The zero-order valence-electron chi connectivity index (χ0n) is 1.95. The first-order chi connectivity index (χ1) is 1.00. The molecule has 1 nitrogen and oxygen atoms in total. The van der Waals surface area contributed by atoms with Crippen molar-refractivity contribution in [1.29, 1.82) is 5.26 Å². The predicted molar refractivity (Wildman–Crippen MR) is 4.97 cm³/mol. The molecule has 0 fully saturated rings. The monoisotopic (exact) mass is 122 g/mol. The van der Waals surface area contributed by atoms with Gasteiger partial charge in [-0.05, 0) is 0 Å². The van der Waals surface area contributed by atoms with Crippen LogP contribution < -0.4 is 0 Å². The van der Waals surface area contributed by atoms with Crippen molar-refractivity contribution in [3.63, 3.8) is 0 Å². The van der Waals surface area contributed by atoms with E-state index < -0.39 is 0 Å². The molecule has 0 aliphatic heterocycles. The van der Waals surface area contributed by atoms with Crippen molar-refractivity contribution in [1.82, 2.24) is 0 Å². The van der Waals surface area contributed by atoms with Gasteiger partial charge in [0.25, 0.3) is 0 Å². The quantitative estimate of drug-likeness (QED) is 0.329. The van der Waals surface area contributed by atoms with Gasteiger partial charge in [-0.3, -0.25) is 0 Å². The van der Waals surface area contributed by atoms with E-state index in [2.05, 4.69) is 0 Å². The second kappa shape index (κ2) is 39.6. The molecule has 0 aromatic carbocycles. The van der Waals surface area contributed by atoms with Gasteiger partial charge in [0.15, 0.2) is 0 Å². The summed E-state index contributed by atoms with van der Waals surface area (Å²) in [4.78, 5) is 0. The average molecular weight is 122 g/mol. The van der Waals surface area contributed by atoms with Gasteiger partial charge in [0, 0.05) is 43.4 Å². The molecule has 0 rings (SSSR count). The van der Waals surface area contributed by atoms with E-state index in [0.29, 0.717) is 0 Å². The Morgan fingerprint density at radius 3 is 1.00 bits per heavy atom. The number of nitrogens with zero attached hydrogens (tertiary/aromatic N) is 1. The van der Waals surface area contributed by atoms with Crippen molar-refractivity contribution in [3.8, 4) is 0 Å². The number of rotatable bonds is 0. The molecule has 3 heteroatoms. The molecule has 18 valence electrons. The summed E-state index contributed by atoms with van der Waals surface area (Å²) < 4.78 is 0. The van der Waals surface area contributed by atoms with Crippen LogP contribution >= 0.6 is 0 Å². The van der Waals surface area contributed by atoms with E-state index in [9.17, 15) is 0 Å². The molecule has 0 spiro atoms. The summed E-state index contributed by atoms with van der Waals surface area (Å²) in [6.07, 6.45) is 0. The largest absolute Gasteiger partial charge is 0.512 e. The van der Waals surface area contributed by atoms with Crippen LogP contribution in [0, 0.1) is 11.8 Å². The van der Waals surface area contributed by atoms with Crippen molar-refractivity contribution < 1.29 is 43.4 Å². The van der Waals surface area contributed by atoms with E-state index in [0.717, 1.165) is 0 Å². The topological polar surface area (TPSA) is 23.8 Å². The van der Waals surface area contributed by atoms with Gasteiger partial charge in [-0.25, -0.2) is 0 Å². The molecule has 0 heterocycles. The van der Waals surface area contributed by atoms with Crippen LogP contribution in [0.1, 0.15) is 0 Å². The Morgan fingerprint density at radius 1 is 1.00 bits per heavy atom. The number of hydrogen-bond acceptors (Lipinski definition) is 1. The molecular weight excluding hydrogens is 122 g/mol. The van der Waals surface area contributed by atoms with Gasteiger partial charge in [0.1, 0.15) is 0 Å². The summed E-state index contributed by atoms with van der Waals surface area (Å²) >= 11 is 0. The Bertz CT molecular complexity index is 10.8. The van der Waals surface area contributed by atoms with Crippen LogP contribution in [0.3, 0.4) is 0 Å². The summed E-state index contributed by atoms with van der Waals surface area (Å²) in [7, 11) is 0. The number of hydrogen-bond donors (Lipinski definition) is 0. The van der Waals surface area contributed by atoms with E-state index in [1.807, 2.05) is 0 Å². The molecule has 0 unspecified atom stereocenters. The summed E-state index contributed by atoms with van der Waals surface area (Å²) in [5.74, 6) is 0. The van der Waals surface area contributed by atoms with Crippen LogP contribution in [0.25, 0.3) is 0 Å². The zero-order chi connectivity index (χ0) is 2.00. The second-order valence-corrected chi connectivity index (χ2v) is 0. The van der Waals surface area contributed by atoms with Crippen LogP contribution in [-0.4, -0.2) is 0 Å². The van der Waals surface area contributed by atoms with Crippen LogP contribution in [0.2, 0.25) is 0 Å². The normalized spacial score (nSPS) is 0.500. The summed E-state index contributed by atoms with van der Waals surface area (Å²) in [5.41, 5.74) is 0. The average Bonchev–Trinajstić information content (AvgIpc) is 1.00. The summed E-state index contributed by atoms with van der Waals surface area (Å²) in [5, 5.41) is 6.25. The van der Waals surface area contributed by atoms with Gasteiger partial charge in [0.05, 0.1) is 0 Å². The van der Waals surface area contributed by atoms with Gasteiger partial charge < -0.3 is 11.8 Å². The van der Waals surface area contributed by atoms with E-state index in [1.165, 1.54) is 0 Å². The first-order valence-corrected chi connectivity index (χ1v) is 0.224. The molecule has 0 N–H and O–H groups in total. The summed E-state index contributed by atoms with van der Waals surface area (Å²) in [6.45, 7) is 4.75. The second-order valence-electron chi connectivity index (χ2n) is 0. The van der Waals surface area contributed by atoms with Crippen molar-refractivity contribution in [2.45, 2.75) is 0 Å². The molecule has 4 heavy (non-hydrogen) atoms. The Kier molecular flexibility index (Phi) is 203. The first kappa shape index (κ1) is 20.5. The minimum absolute atomic E-state index is 0. The van der Waals surface area contributed by atoms with E-state index in [-0.39, 0.29) is 43.4 Å². The van der Waals surface area contributed by atoms with Crippen LogP contribution in [-0.2, 0) is 43.4 Å². The Morgan fingerprint density at radius 2 is 1.00 bits per heavy atom. The minimum Gasteiger partial charge on any atom is -0.512 e. The molecule has 0 bridgehead atoms. The fraction of sp³-hybridized carbons (Fsp3) is 0. The van der Waals surface area contributed by atoms with E-state index in [4.69, 9.17) is 11.8 Å². The van der Waals surface area contributed by atoms with Crippen molar-refractivity contribution in [2.75, 3.05) is 0 Å². The summed E-state index contributed by atoms with van der Waals surface area (Å²) in [6, 6.07) is 0. The Labute approximate surface area is 55.1 Å². The van der Waals surface area contributed by atoms with Gasteiger partial charge in [-0.1, -0.05) is 0 Å². The van der Waals surface area contributed by atoms with Crippen LogP contribution in [0.5, 0.6) is 0 Å².